The Labute approximate surface area is 96.9 Å². The average molecular weight is 228 g/mol. The van der Waals surface area contributed by atoms with Crippen LogP contribution < -0.4 is 0 Å². The van der Waals surface area contributed by atoms with Crippen molar-refractivity contribution in [1.29, 1.82) is 0 Å². The normalized spacial score (nSPS) is 11.7. The van der Waals surface area contributed by atoms with Gasteiger partial charge in [-0.3, -0.25) is 0 Å². The molecule has 1 nitrogen and oxygen atoms in total. The second-order valence-electron chi connectivity index (χ2n) is 4.67. The van der Waals surface area contributed by atoms with Crippen molar-refractivity contribution in [2.45, 2.75) is 58.3 Å². The highest BCUT2D eigenvalue weighted by molar-refractivity contribution is 6.79. The molecule has 0 N–H and O–H groups in total. The minimum Gasteiger partial charge on any atom is -0.377 e. The summed E-state index contributed by atoms with van der Waals surface area (Å²) in [4.78, 5) is 0. The van der Waals surface area contributed by atoms with Gasteiger partial charge in [0.05, 0.1) is 14.7 Å². The van der Waals surface area contributed by atoms with Crippen molar-refractivity contribution in [2.24, 2.45) is 0 Å². The second-order valence-corrected chi connectivity index (χ2v) is 10.3. The van der Waals surface area contributed by atoms with Crippen LogP contribution in [0.4, 0.5) is 0 Å². The Bertz CT molecular complexity index is 165. The summed E-state index contributed by atoms with van der Waals surface area (Å²) in [5.41, 5.74) is 1.12. The highest BCUT2D eigenvalue weighted by atomic mass is 28.3. The summed E-state index contributed by atoms with van der Waals surface area (Å²) in [7, 11) is -0.897. The van der Waals surface area contributed by atoms with E-state index < -0.39 is 8.07 Å². The lowest BCUT2D eigenvalue weighted by atomic mass is 10.4. The number of rotatable bonds is 9. The topological polar surface area (TPSA) is 9.23 Å². The Kier molecular flexibility index (Phi) is 8.07. The number of ether oxygens (including phenoxy) is 1. The van der Waals surface area contributed by atoms with Gasteiger partial charge in [0, 0.05) is 6.61 Å². The summed E-state index contributed by atoms with van der Waals surface area (Å²) >= 11 is 0. The van der Waals surface area contributed by atoms with Crippen molar-refractivity contribution >= 4 is 8.07 Å². The van der Waals surface area contributed by atoms with Crippen LogP contribution in [-0.2, 0) is 4.74 Å². The quantitative estimate of drug-likeness (QED) is 0.321. The molecule has 90 valence electrons. The number of hydrogen-bond acceptors (Lipinski definition) is 1. The van der Waals surface area contributed by atoms with Crippen LogP contribution in [0.15, 0.2) is 12.2 Å². The highest BCUT2D eigenvalue weighted by Crippen LogP contribution is 2.26. The van der Waals surface area contributed by atoms with Crippen molar-refractivity contribution in [3.8, 4) is 0 Å². The van der Waals surface area contributed by atoms with Crippen LogP contribution in [0.1, 0.15) is 34.1 Å². The summed E-state index contributed by atoms with van der Waals surface area (Å²) in [5, 5.41) is 0. The van der Waals surface area contributed by atoms with Gasteiger partial charge < -0.3 is 4.74 Å². The Balaban J connectivity index is 3.67. The van der Waals surface area contributed by atoms with Gasteiger partial charge in [-0.05, 0) is 13.3 Å². The maximum absolute atomic E-state index is 5.55. The summed E-state index contributed by atoms with van der Waals surface area (Å²) in [6.07, 6.45) is 1.25. The molecule has 0 aromatic heterocycles. The predicted molar refractivity (Wildman–Crippen MR) is 72.3 cm³/mol. The molecule has 15 heavy (non-hydrogen) atoms. The maximum atomic E-state index is 5.55. The second kappa shape index (κ2) is 8.11. The third-order valence-electron chi connectivity index (χ3n) is 3.59. The first-order valence-corrected chi connectivity index (χ1v) is 9.15. The Morgan fingerprint density at radius 2 is 1.67 bits per heavy atom. The van der Waals surface area contributed by atoms with Crippen molar-refractivity contribution < 1.29 is 4.74 Å². The molecule has 0 heterocycles. The Morgan fingerprint density at radius 3 is 2.07 bits per heavy atom. The van der Waals surface area contributed by atoms with Crippen LogP contribution in [0.3, 0.4) is 0 Å². The summed E-state index contributed by atoms with van der Waals surface area (Å²) in [6.45, 7) is 14.6. The van der Waals surface area contributed by atoms with Gasteiger partial charge in [-0.25, -0.2) is 0 Å². The van der Waals surface area contributed by atoms with E-state index >= 15 is 0 Å². The minimum atomic E-state index is -0.897. The fraction of sp³-hybridized carbons (Fsp3) is 0.846. The smallest absolute Gasteiger partial charge is 0.0671 e. The molecule has 2 heteroatoms. The SMILES string of the molecule is C=C(C)COCCC[Si](CC)(CC)CC. The van der Waals surface area contributed by atoms with E-state index in [0.717, 1.165) is 18.8 Å². The first-order valence-electron chi connectivity index (χ1n) is 6.32. The van der Waals surface area contributed by atoms with Crippen LogP contribution >= 0.6 is 0 Å². The lowest BCUT2D eigenvalue weighted by Gasteiger charge is -2.27. The molecule has 0 aromatic rings. The van der Waals surface area contributed by atoms with Crippen LogP contribution in [0.25, 0.3) is 0 Å². The average Bonchev–Trinajstić information content (AvgIpc) is 2.24. The molecule has 0 spiro atoms. The van der Waals surface area contributed by atoms with Gasteiger partial charge in [0.1, 0.15) is 0 Å². The molecule has 0 atom stereocenters. The predicted octanol–water partition coefficient (Wildman–Crippen LogP) is 4.48. The van der Waals surface area contributed by atoms with E-state index in [1.165, 1.54) is 30.6 Å². The van der Waals surface area contributed by atoms with Crippen molar-refractivity contribution in [2.75, 3.05) is 13.2 Å². The van der Waals surface area contributed by atoms with Gasteiger partial charge in [-0.2, -0.15) is 0 Å². The molecule has 0 amide bonds. The van der Waals surface area contributed by atoms with E-state index in [4.69, 9.17) is 4.74 Å². The number of hydrogen-bond donors (Lipinski definition) is 0. The van der Waals surface area contributed by atoms with Crippen LogP contribution in [0.2, 0.25) is 24.2 Å². The lowest BCUT2D eigenvalue weighted by molar-refractivity contribution is 0.157. The molecule has 0 saturated carbocycles. The summed E-state index contributed by atoms with van der Waals surface area (Å²) in [6, 6.07) is 5.73. The van der Waals surface area contributed by atoms with Gasteiger partial charge in [-0.1, -0.05) is 57.1 Å². The van der Waals surface area contributed by atoms with Gasteiger partial charge >= 0.3 is 0 Å². The Hall–Kier alpha value is -0.0831. The summed E-state index contributed by atoms with van der Waals surface area (Å²) in [5.74, 6) is 0. The molecule has 0 bridgehead atoms. The highest BCUT2D eigenvalue weighted by Gasteiger charge is 2.25. The monoisotopic (exact) mass is 228 g/mol. The third kappa shape index (κ3) is 6.16. The van der Waals surface area contributed by atoms with E-state index in [-0.39, 0.29) is 0 Å². The van der Waals surface area contributed by atoms with Gasteiger partial charge in [-0.15, -0.1) is 0 Å². The van der Waals surface area contributed by atoms with Gasteiger partial charge in [0.25, 0.3) is 0 Å². The van der Waals surface area contributed by atoms with E-state index in [1.807, 2.05) is 6.92 Å². The van der Waals surface area contributed by atoms with Gasteiger partial charge in [0.2, 0.25) is 0 Å². The zero-order chi connectivity index (χ0) is 11.7. The first-order chi connectivity index (χ1) is 7.10. The fourth-order valence-corrected chi connectivity index (χ4v) is 5.53. The molecule has 0 aromatic carbocycles. The standard InChI is InChI=1S/C13H28OSi/c1-6-15(7-2,8-3)11-9-10-14-12-13(4)5/h4,6-12H2,1-3,5H3. The molecular weight excluding hydrogens is 200 g/mol. The Morgan fingerprint density at radius 1 is 1.13 bits per heavy atom. The van der Waals surface area contributed by atoms with Crippen molar-refractivity contribution in [1.82, 2.24) is 0 Å². The molecular formula is C13H28OSi. The summed E-state index contributed by atoms with van der Waals surface area (Å²) < 4.78 is 5.55. The first kappa shape index (κ1) is 14.9. The third-order valence-corrected chi connectivity index (χ3v) is 9.51. The lowest BCUT2D eigenvalue weighted by Crippen LogP contribution is -2.31. The zero-order valence-electron chi connectivity index (χ0n) is 11.1. The van der Waals surface area contributed by atoms with E-state index in [1.54, 1.807) is 0 Å². The molecule has 0 rings (SSSR count). The van der Waals surface area contributed by atoms with Gasteiger partial charge in [0.15, 0.2) is 0 Å². The minimum absolute atomic E-state index is 0.735. The van der Waals surface area contributed by atoms with Crippen LogP contribution in [-0.4, -0.2) is 21.3 Å². The van der Waals surface area contributed by atoms with E-state index in [9.17, 15) is 0 Å². The zero-order valence-corrected chi connectivity index (χ0v) is 12.1. The van der Waals surface area contributed by atoms with Crippen molar-refractivity contribution in [3.63, 3.8) is 0 Å². The molecule has 0 unspecified atom stereocenters. The molecule has 0 radical (unpaired) electrons. The van der Waals surface area contributed by atoms with Crippen LogP contribution in [0, 0.1) is 0 Å². The van der Waals surface area contributed by atoms with E-state index in [2.05, 4.69) is 27.4 Å². The molecule has 0 aliphatic carbocycles. The van der Waals surface area contributed by atoms with Crippen molar-refractivity contribution in [3.05, 3.63) is 12.2 Å². The largest absolute Gasteiger partial charge is 0.377 e. The maximum Gasteiger partial charge on any atom is 0.0671 e. The molecule has 0 aliphatic heterocycles. The van der Waals surface area contributed by atoms with Crippen LogP contribution in [0.5, 0.6) is 0 Å². The molecule has 0 aliphatic rings. The fourth-order valence-electron chi connectivity index (χ4n) is 2.08. The molecule has 0 fully saturated rings. The van der Waals surface area contributed by atoms with E-state index in [0.29, 0.717) is 0 Å². The molecule has 0 saturated heterocycles.